The lowest BCUT2D eigenvalue weighted by Gasteiger charge is -2.47. The highest BCUT2D eigenvalue weighted by Crippen LogP contribution is 2.34. The minimum Gasteiger partial charge on any atom is -0.445 e. The lowest BCUT2D eigenvalue weighted by Crippen LogP contribution is -2.60. The Bertz CT molecular complexity index is 887. The average molecular weight is 397 g/mol. The molecular formula is C23H24FNO4. The Balaban J connectivity index is 1.44. The van der Waals surface area contributed by atoms with Crippen LogP contribution in [0.15, 0.2) is 48.5 Å². The summed E-state index contributed by atoms with van der Waals surface area (Å²) in [5, 5.41) is 0. The molecule has 1 amide bonds. The van der Waals surface area contributed by atoms with Crippen molar-refractivity contribution in [3.05, 3.63) is 71.0 Å². The van der Waals surface area contributed by atoms with Crippen LogP contribution in [0.4, 0.5) is 9.18 Å². The maximum Gasteiger partial charge on any atom is 0.410 e. The number of halogens is 1. The third kappa shape index (κ3) is 4.17. The predicted octanol–water partition coefficient (Wildman–Crippen LogP) is 4.13. The molecule has 2 bridgehead atoms. The summed E-state index contributed by atoms with van der Waals surface area (Å²) in [6.07, 6.45) is 0.506. The summed E-state index contributed by atoms with van der Waals surface area (Å²) < 4.78 is 25.4. The zero-order chi connectivity index (χ0) is 20.4. The predicted molar refractivity (Wildman–Crippen MR) is 105 cm³/mol. The van der Waals surface area contributed by atoms with Crippen LogP contribution >= 0.6 is 0 Å². The Morgan fingerprint density at radius 3 is 2.45 bits per heavy atom. The average Bonchev–Trinajstić information content (AvgIpc) is 2.71. The molecule has 2 fully saturated rings. The van der Waals surface area contributed by atoms with Crippen LogP contribution in [0.25, 0.3) is 0 Å². The van der Waals surface area contributed by atoms with Gasteiger partial charge in [-0.3, -0.25) is 9.69 Å². The van der Waals surface area contributed by atoms with Crippen LogP contribution in [0.2, 0.25) is 0 Å². The van der Waals surface area contributed by atoms with Gasteiger partial charge in [-0.2, -0.15) is 0 Å². The highest BCUT2D eigenvalue weighted by Gasteiger charge is 2.44. The zero-order valence-electron chi connectivity index (χ0n) is 16.3. The molecule has 4 rings (SSSR count). The number of hydrogen-bond donors (Lipinski definition) is 0. The number of fused-ring (bicyclic) bond motifs is 2. The number of nitrogens with zero attached hydrogens (tertiary/aromatic N) is 1. The Morgan fingerprint density at radius 1 is 1.10 bits per heavy atom. The fourth-order valence-corrected chi connectivity index (χ4v) is 4.26. The van der Waals surface area contributed by atoms with E-state index in [0.29, 0.717) is 26.1 Å². The minimum absolute atomic E-state index is 0.125. The SMILES string of the molecule is Cc1ccc(C(=O)C2CC3COCC(C2)N3C(=O)OCc2ccccc2)c(F)c1. The summed E-state index contributed by atoms with van der Waals surface area (Å²) in [7, 11) is 0. The van der Waals surface area contributed by atoms with Crippen LogP contribution < -0.4 is 0 Å². The van der Waals surface area contributed by atoms with Crippen molar-refractivity contribution in [3.63, 3.8) is 0 Å². The molecule has 2 heterocycles. The molecule has 2 atom stereocenters. The van der Waals surface area contributed by atoms with E-state index < -0.39 is 5.82 Å². The van der Waals surface area contributed by atoms with Gasteiger partial charge in [0.15, 0.2) is 5.78 Å². The maximum atomic E-state index is 14.3. The summed E-state index contributed by atoms with van der Waals surface area (Å²) in [5.74, 6) is -1.01. The molecule has 0 aromatic heterocycles. The van der Waals surface area contributed by atoms with Gasteiger partial charge in [-0.05, 0) is 43.0 Å². The second kappa shape index (κ2) is 8.33. The van der Waals surface area contributed by atoms with Crippen molar-refractivity contribution in [2.45, 2.75) is 38.5 Å². The smallest absolute Gasteiger partial charge is 0.410 e. The molecule has 0 aliphatic carbocycles. The molecule has 0 N–H and O–H groups in total. The second-order valence-corrected chi connectivity index (χ2v) is 7.81. The zero-order valence-corrected chi connectivity index (χ0v) is 16.3. The van der Waals surface area contributed by atoms with Crippen molar-refractivity contribution < 1.29 is 23.5 Å². The van der Waals surface area contributed by atoms with Crippen LogP contribution in [0.3, 0.4) is 0 Å². The van der Waals surface area contributed by atoms with Gasteiger partial charge < -0.3 is 9.47 Å². The molecule has 152 valence electrons. The highest BCUT2D eigenvalue weighted by atomic mass is 19.1. The number of morpholine rings is 1. The molecule has 0 saturated carbocycles. The van der Waals surface area contributed by atoms with E-state index in [1.165, 1.54) is 6.07 Å². The van der Waals surface area contributed by atoms with Crippen LogP contribution in [-0.4, -0.2) is 42.1 Å². The highest BCUT2D eigenvalue weighted by molar-refractivity contribution is 5.98. The van der Waals surface area contributed by atoms with Gasteiger partial charge in [0.1, 0.15) is 12.4 Å². The first-order valence-electron chi connectivity index (χ1n) is 9.90. The molecule has 29 heavy (non-hydrogen) atoms. The molecule has 2 saturated heterocycles. The molecule has 2 aromatic rings. The lowest BCUT2D eigenvalue weighted by molar-refractivity contribution is -0.0755. The Morgan fingerprint density at radius 2 is 1.79 bits per heavy atom. The number of rotatable bonds is 4. The number of amides is 1. The number of hydrogen-bond acceptors (Lipinski definition) is 4. The molecule has 2 aromatic carbocycles. The van der Waals surface area contributed by atoms with E-state index in [1.807, 2.05) is 30.3 Å². The first-order valence-corrected chi connectivity index (χ1v) is 9.90. The van der Waals surface area contributed by atoms with E-state index in [0.717, 1.165) is 11.1 Å². The first kappa shape index (κ1) is 19.6. The molecule has 0 spiro atoms. The largest absolute Gasteiger partial charge is 0.445 e. The van der Waals surface area contributed by atoms with Crippen LogP contribution in [0, 0.1) is 18.7 Å². The summed E-state index contributed by atoms with van der Waals surface area (Å²) in [4.78, 5) is 27.4. The van der Waals surface area contributed by atoms with E-state index in [1.54, 1.807) is 24.0 Å². The molecule has 2 aliphatic heterocycles. The van der Waals surface area contributed by atoms with Crippen LogP contribution in [-0.2, 0) is 16.1 Å². The topological polar surface area (TPSA) is 55.8 Å². The molecular weight excluding hydrogens is 373 g/mol. The van der Waals surface area contributed by atoms with E-state index in [2.05, 4.69) is 0 Å². The van der Waals surface area contributed by atoms with Crippen molar-refractivity contribution in [1.82, 2.24) is 4.90 Å². The van der Waals surface area contributed by atoms with Gasteiger partial charge >= 0.3 is 6.09 Å². The van der Waals surface area contributed by atoms with Crippen molar-refractivity contribution >= 4 is 11.9 Å². The van der Waals surface area contributed by atoms with Crippen LogP contribution in [0.5, 0.6) is 0 Å². The Hall–Kier alpha value is -2.73. The number of carbonyl (C=O) groups is 2. The van der Waals surface area contributed by atoms with E-state index in [-0.39, 0.29) is 42.0 Å². The van der Waals surface area contributed by atoms with E-state index in [4.69, 9.17) is 9.47 Å². The quantitative estimate of drug-likeness (QED) is 0.728. The van der Waals surface area contributed by atoms with Gasteiger partial charge in [-0.25, -0.2) is 9.18 Å². The van der Waals surface area contributed by atoms with Gasteiger partial charge in [0.2, 0.25) is 0 Å². The van der Waals surface area contributed by atoms with Gasteiger partial charge in [0.25, 0.3) is 0 Å². The summed E-state index contributed by atoms with van der Waals surface area (Å²) in [5.41, 5.74) is 1.82. The van der Waals surface area contributed by atoms with Gasteiger partial charge in [0, 0.05) is 5.92 Å². The molecule has 0 radical (unpaired) electrons. The minimum atomic E-state index is -0.485. The number of ether oxygens (including phenoxy) is 2. The monoisotopic (exact) mass is 397 g/mol. The number of aryl methyl sites for hydroxylation is 1. The molecule has 2 aliphatic rings. The third-order valence-corrected chi connectivity index (χ3v) is 5.70. The third-order valence-electron chi connectivity index (χ3n) is 5.70. The lowest BCUT2D eigenvalue weighted by atomic mass is 9.80. The van der Waals surface area contributed by atoms with Gasteiger partial charge in [-0.15, -0.1) is 0 Å². The molecule has 6 heteroatoms. The summed E-state index contributed by atoms with van der Waals surface area (Å²) in [6, 6.07) is 13.7. The van der Waals surface area contributed by atoms with Crippen molar-refractivity contribution in [1.29, 1.82) is 0 Å². The van der Waals surface area contributed by atoms with Gasteiger partial charge in [0.05, 0.1) is 30.9 Å². The number of piperidine rings is 1. The molecule has 5 nitrogen and oxygen atoms in total. The first-order chi connectivity index (χ1) is 14.0. The Kier molecular flexibility index (Phi) is 5.62. The maximum absolute atomic E-state index is 14.3. The standard InChI is InChI=1S/C23H24FNO4/c1-15-7-8-20(21(24)9-15)22(26)17-10-18-13-28-14-19(11-17)25(18)23(27)29-12-16-5-3-2-4-6-16/h2-9,17-19H,10-14H2,1H3. The fourth-order valence-electron chi connectivity index (χ4n) is 4.26. The van der Waals surface area contributed by atoms with Crippen molar-refractivity contribution in [2.24, 2.45) is 5.92 Å². The van der Waals surface area contributed by atoms with Crippen molar-refractivity contribution in [3.8, 4) is 0 Å². The number of ketones is 1. The number of benzene rings is 2. The summed E-state index contributed by atoms with van der Waals surface area (Å²) >= 11 is 0. The van der Waals surface area contributed by atoms with Gasteiger partial charge in [-0.1, -0.05) is 36.4 Å². The fraction of sp³-hybridized carbons (Fsp3) is 0.391. The Labute approximate surface area is 169 Å². The van der Waals surface area contributed by atoms with Crippen LogP contribution in [0.1, 0.15) is 34.3 Å². The summed E-state index contributed by atoms with van der Waals surface area (Å²) in [6.45, 7) is 2.71. The second-order valence-electron chi connectivity index (χ2n) is 7.81. The molecule has 2 unspecified atom stereocenters. The van der Waals surface area contributed by atoms with E-state index in [9.17, 15) is 14.0 Å². The number of Topliss-reactive ketones (excluding diaryl/α,β-unsaturated/α-hetero) is 1. The number of carbonyl (C=O) groups excluding carboxylic acids is 2. The van der Waals surface area contributed by atoms with E-state index >= 15 is 0 Å². The van der Waals surface area contributed by atoms with Crippen molar-refractivity contribution in [2.75, 3.05) is 13.2 Å². The normalized spacial score (nSPS) is 23.5.